The smallest absolute Gasteiger partial charge is 0.321 e. The lowest BCUT2D eigenvalue weighted by molar-refractivity contribution is 0.194. The summed E-state index contributed by atoms with van der Waals surface area (Å²) in [4.78, 5) is 16.4. The summed E-state index contributed by atoms with van der Waals surface area (Å²) in [6, 6.07) is 12.8. The zero-order chi connectivity index (χ0) is 24.5. The van der Waals surface area contributed by atoms with E-state index in [1.165, 1.54) is 6.07 Å². The minimum Gasteiger partial charge on any atom is -0.355 e. The van der Waals surface area contributed by atoms with Crippen LogP contribution in [0.5, 0.6) is 0 Å². The number of anilines is 2. The van der Waals surface area contributed by atoms with Gasteiger partial charge in [-0.05, 0) is 31.0 Å². The molecule has 1 N–H and O–H groups in total. The number of carbonyl (C=O) groups is 1. The summed E-state index contributed by atoms with van der Waals surface area (Å²) in [6.45, 7) is 1.00. The molecule has 1 aliphatic rings. The predicted molar refractivity (Wildman–Crippen MR) is 130 cm³/mol. The normalized spacial score (nSPS) is 14.3. The van der Waals surface area contributed by atoms with Crippen LogP contribution in [0.25, 0.3) is 22.2 Å². The Labute approximate surface area is 201 Å². The number of nitrogens with zero attached hydrogens (tertiary/aromatic N) is 6. The lowest BCUT2D eigenvalue weighted by Crippen LogP contribution is -2.47. The Balaban J connectivity index is 1.31. The molecule has 0 unspecified atom stereocenters. The third-order valence-electron chi connectivity index (χ3n) is 6.54. The van der Waals surface area contributed by atoms with E-state index in [4.69, 9.17) is 0 Å². The van der Waals surface area contributed by atoms with E-state index >= 15 is 0 Å². The number of halogens is 2. The lowest BCUT2D eigenvalue weighted by atomic mass is 10.0. The third kappa shape index (κ3) is 4.39. The Morgan fingerprint density at radius 3 is 2.49 bits per heavy atom. The largest absolute Gasteiger partial charge is 0.355 e. The van der Waals surface area contributed by atoms with Gasteiger partial charge in [0.1, 0.15) is 17.3 Å². The van der Waals surface area contributed by atoms with Gasteiger partial charge in [0, 0.05) is 56.3 Å². The summed E-state index contributed by atoms with van der Waals surface area (Å²) in [6.07, 6.45) is 3.17. The second-order valence-electron chi connectivity index (χ2n) is 8.64. The van der Waals surface area contributed by atoms with Crippen LogP contribution in [0, 0.1) is 11.6 Å². The Bertz CT molecular complexity index is 1380. The van der Waals surface area contributed by atoms with Gasteiger partial charge in [-0.2, -0.15) is 5.10 Å². The van der Waals surface area contributed by atoms with Crippen molar-refractivity contribution >= 4 is 28.3 Å². The second-order valence-corrected chi connectivity index (χ2v) is 8.64. The van der Waals surface area contributed by atoms with Crippen molar-refractivity contribution in [2.75, 3.05) is 30.4 Å². The molecule has 2 aromatic carbocycles. The Hall–Kier alpha value is -4.08. The first-order valence-corrected chi connectivity index (χ1v) is 11.4. The fourth-order valence-electron chi connectivity index (χ4n) is 4.56. The van der Waals surface area contributed by atoms with E-state index in [0.29, 0.717) is 13.1 Å². The van der Waals surface area contributed by atoms with E-state index in [1.807, 2.05) is 44.4 Å². The van der Waals surface area contributed by atoms with E-state index in [2.05, 4.69) is 25.5 Å². The number of amides is 2. The van der Waals surface area contributed by atoms with Crippen molar-refractivity contribution in [3.63, 3.8) is 0 Å². The van der Waals surface area contributed by atoms with Crippen molar-refractivity contribution in [1.29, 1.82) is 0 Å². The molecule has 0 spiro atoms. The first kappa shape index (κ1) is 22.7. The van der Waals surface area contributed by atoms with Crippen molar-refractivity contribution in [3.8, 4) is 11.4 Å². The lowest BCUT2D eigenvalue weighted by Gasteiger charge is -2.37. The van der Waals surface area contributed by atoms with Crippen LogP contribution in [0.2, 0.25) is 0 Å². The summed E-state index contributed by atoms with van der Waals surface area (Å²) < 4.78 is 28.8. The summed E-state index contributed by atoms with van der Waals surface area (Å²) in [7, 11) is 3.87. The maximum atomic E-state index is 13.9. The molecule has 0 saturated carbocycles. The zero-order valence-corrected chi connectivity index (χ0v) is 19.4. The van der Waals surface area contributed by atoms with Crippen molar-refractivity contribution in [3.05, 3.63) is 66.4 Å². The third-order valence-corrected chi connectivity index (χ3v) is 6.54. The highest BCUT2D eigenvalue weighted by molar-refractivity contribution is 5.99. The van der Waals surface area contributed by atoms with Gasteiger partial charge in [0.25, 0.3) is 0 Å². The van der Waals surface area contributed by atoms with E-state index in [-0.39, 0.29) is 11.7 Å². The SMILES string of the molecule is CN(c1nnc(-c2ccnn2C)c2ccccc12)C1CCN(C(=O)Nc2ccc(F)cc2F)CC1. The number of carbonyl (C=O) groups excluding carboxylic acids is 1. The molecule has 1 fully saturated rings. The predicted octanol–water partition coefficient (Wildman–Crippen LogP) is 4.44. The number of benzene rings is 2. The number of hydrogen-bond donors (Lipinski definition) is 1. The van der Waals surface area contributed by atoms with Crippen LogP contribution < -0.4 is 10.2 Å². The molecule has 8 nitrogen and oxygen atoms in total. The Kier molecular flexibility index (Phi) is 6.02. The van der Waals surface area contributed by atoms with Gasteiger partial charge in [0.2, 0.25) is 0 Å². The van der Waals surface area contributed by atoms with Crippen molar-refractivity contribution in [1.82, 2.24) is 24.9 Å². The maximum absolute atomic E-state index is 13.9. The highest BCUT2D eigenvalue weighted by Gasteiger charge is 2.28. The first-order valence-electron chi connectivity index (χ1n) is 11.4. The van der Waals surface area contributed by atoms with Gasteiger partial charge >= 0.3 is 6.03 Å². The summed E-state index contributed by atoms with van der Waals surface area (Å²) in [5.41, 5.74) is 1.63. The Morgan fingerprint density at radius 2 is 1.80 bits per heavy atom. The monoisotopic (exact) mass is 477 g/mol. The number of likely N-dealkylation sites (tertiary alicyclic amines) is 1. The van der Waals surface area contributed by atoms with Crippen LogP contribution in [0.4, 0.5) is 25.1 Å². The van der Waals surface area contributed by atoms with Crippen LogP contribution in [0.15, 0.2) is 54.7 Å². The maximum Gasteiger partial charge on any atom is 0.321 e. The van der Waals surface area contributed by atoms with Crippen LogP contribution in [0.1, 0.15) is 12.8 Å². The molecule has 2 amide bonds. The number of hydrogen-bond acceptors (Lipinski definition) is 5. The van der Waals surface area contributed by atoms with Crippen LogP contribution in [-0.2, 0) is 7.05 Å². The van der Waals surface area contributed by atoms with Crippen LogP contribution in [0.3, 0.4) is 0 Å². The van der Waals surface area contributed by atoms with Crippen molar-refractivity contribution in [2.24, 2.45) is 7.05 Å². The highest BCUT2D eigenvalue weighted by atomic mass is 19.1. The molecule has 2 aromatic heterocycles. The molecule has 0 bridgehead atoms. The van der Waals surface area contributed by atoms with Crippen LogP contribution >= 0.6 is 0 Å². The first-order chi connectivity index (χ1) is 16.9. The number of piperidine rings is 1. The summed E-state index contributed by atoms with van der Waals surface area (Å²) in [5, 5.41) is 17.9. The molecule has 10 heteroatoms. The van der Waals surface area contributed by atoms with E-state index < -0.39 is 17.7 Å². The molecular formula is C25H25F2N7O. The van der Waals surface area contributed by atoms with E-state index in [9.17, 15) is 13.6 Å². The molecule has 3 heterocycles. The molecular weight excluding hydrogens is 452 g/mol. The standard InChI is InChI=1S/C25H25F2N7O/c1-32(17-10-13-34(14-11-17)25(35)29-21-8-7-16(26)15-20(21)27)24-19-6-4-3-5-18(19)23(30-31-24)22-9-12-28-33(22)2/h3-9,12,15,17H,10-11,13-14H2,1-2H3,(H,29,35). The highest BCUT2D eigenvalue weighted by Crippen LogP contribution is 2.32. The fraction of sp³-hybridized carbons (Fsp3) is 0.280. The molecule has 35 heavy (non-hydrogen) atoms. The van der Waals surface area contributed by atoms with Crippen molar-refractivity contribution < 1.29 is 13.6 Å². The number of aromatic nitrogens is 4. The number of rotatable bonds is 4. The van der Waals surface area contributed by atoms with Gasteiger partial charge in [-0.1, -0.05) is 24.3 Å². The molecule has 1 aliphatic heterocycles. The quantitative estimate of drug-likeness (QED) is 0.470. The molecule has 180 valence electrons. The minimum atomic E-state index is -0.798. The fourth-order valence-corrected chi connectivity index (χ4v) is 4.56. The van der Waals surface area contributed by atoms with Gasteiger partial charge in [-0.3, -0.25) is 4.68 Å². The van der Waals surface area contributed by atoms with Crippen LogP contribution in [-0.4, -0.2) is 57.1 Å². The molecule has 1 saturated heterocycles. The van der Waals surface area contributed by atoms with Gasteiger partial charge in [-0.25, -0.2) is 13.6 Å². The average Bonchev–Trinajstić information content (AvgIpc) is 3.30. The molecule has 0 radical (unpaired) electrons. The summed E-state index contributed by atoms with van der Waals surface area (Å²) >= 11 is 0. The zero-order valence-electron chi connectivity index (χ0n) is 19.4. The van der Waals surface area contributed by atoms with Gasteiger partial charge in [-0.15, -0.1) is 10.2 Å². The molecule has 0 atom stereocenters. The number of fused-ring (bicyclic) bond motifs is 1. The average molecular weight is 478 g/mol. The Morgan fingerprint density at radius 1 is 1.06 bits per heavy atom. The molecule has 0 aliphatic carbocycles. The van der Waals surface area contributed by atoms with E-state index in [0.717, 1.165) is 53.0 Å². The molecule has 4 aromatic rings. The van der Waals surface area contributed by atoms with E-state index in [1.54, 1.807) is 15.8 Å². The van der Waals surface area contributed by atoms with Gasteiger partial charge in [0.15, 0.2) is 5.82 Å². The topological polar surface area (TPSA) is 79.2 Å². The summed E-state index contributed by atoms with van der Waals surface area (Å²) in [5.74, 6) is -0.705. The van der Waals surface area contributed by atoms with Crippen molar-refractivity contribution in [2.45, 2.75) is 18.9 Å². The second kappa shape index (κ2) is 9.28. The number of nitrogens with one attached hydrogen (secondary N) is 1. The number of aryl methyl sites for hydroxylation is 1. The van der Waals surface area contributed by atoms with Gasteiger partial charge in [0.05, 0.1) is 11.4 Å². The minimum absolute atomic E-state index is 0.0362. The number of urea groups is 1. The van der Waals surface area contributed by atoms with Gasteiger partial charge < -0.3 is 15.1 Å². The molecule has 5 rings (SSSR count).